The summed E-state index contributed by atoms with van der Waals surface area (Å²) in [5.41, 5.74) is 2.44. The lowest BCUT2D eigenvalue weighted by atomic mass is 9.98. The Balaban J connectivity index is 1.72. The quantitative estimate of drug-likeness (QED) is 0.293. The van der Waals surface area contributed by atoms with Crippen LogP contribution in [0.1, 0.15) is 22.7 Å². The van der Waals surface area contributed by atoms with Crippen LogP contribution in [-0.4, -0.2) is 35.1 Å². The van der Waals surface area contributed by atoms with Crippen LogP contribution < -0.4 is 19.1 Å². The zero-order valence-electron chi connectivity index (χ0n) is 21.8. The van der Waals surface area contributed by atoms with Gasteiger partial charge in [-0.05, 0) is 42.3 Å². The summed E-state index contributed by atoms with van der Waals surface area (Å²) in [6, 6.07) is 25.9. The molecule has 1 amide bonds. The molecule has 0 aliphatic carbocycles. The number of ether oxygens (including phenoxy) is 2. The Morgan fingerprint density at radius 1 is 0.846 bits per heavy atom. The Bertz CT molecular complexity index is 1540. The number of nitrogens with zero attached hydrogens (tertiary/aromatic N) is 1. The summed E-state index contributed by atoms with van der Waals surface area (Å²) in [4.78, 5) is 13.3. The number of rotatable bonds is 10. The molecule has 1 unspecified atom stereocenters. The zero-order chi connectivity index (χ0) is 28.0. The first-order valence-electron chi connectivity index (χ1n) is 12.1. The molecule has 0 aromatic heterocycles. The molecule has 0 aliphatic rings. The highest BCUT2D eigenvalue weighted by atomic mass is 32.2. The maximum atomic E-state index is 14.9. The molecule has 0 bridgehead atoms. The molecule has 0 spiro atoms. The second-order valence-electron chi connectivity index (χ2n) is 8.80. The average Bonchev–Trinajstić information content (AvgIpc) is 2.95. The Morgan fingerprint density at radius 2 is 1.46 bits per heavy atom. The van der Waals surface area contributed by atoms with E-state index in [0.29, 0.717) is 5.75 Å². The Hall–Kier alpha value is -4.37. The molecule has 7 nitrogen and oxygen atoms in total. The van der Waals surface area contributed by atoms with E-state index in [1.165, 1.54) is 50.6 Å². The fourth-order valence-electron chi connectivity index (χ4n) is 4.16. The molecule has 0 saturated heterocycles. The molecule has 1 N–H and O–H groups in total. The third-order valence-electron chi connectivity index (χ3n) is 6.20. The van der Waals surface area contributed by atoms with Crippen molar-refractivity contribution in [3.05, 3.63) is 120 Å². The molecule has 39 heavy (non-hydrogen) atoms. The molecule has 0 saturated carbocycles. The van der Waals surface area contributed by atoms with Crippen LogP contribution in [0.4, 0.5) is 10.1 Å². The molecule has 0 heterocycles. The van der Waals surface area contributed by atoms with Crippen LogP contribution in [-0.2, 0) is 14.8 Å². The number of methoxy groups -OCH3 is 2. The van der Waals surface area contributed by atoms with Gasteiger partial charge >= 0.3 is 0 Å². The highest BCUT2D eigenvalue weighted by molar-refractivity contribution is 7.92. The van der Waals surface area contributed by atoms with Crippen molar-refractivity contribution in [1.29, 1.82) is 0 Å². The number of carbonyl (C=O) groups is 1. The van der Waals surface area contributed by atoms with Crippen molar-refractivity contribution in [2.75, 3.05) is 25.1 Å². The second-order valence-corrected chi connectivity index (χ2v) is 10.7. The Labute approximate surface area is 227 Å². The van der Waals surface area contributed by atoms with Crippen molar-refractivity contribution in [1.82, 2.24) is 5.32 Å². The van der Waals surface area contributed by atoms with Gasteiger partial charge in [-0.15, -0.1) is 0 Å². The second kappa shape index (κ2) is 12.0. The molecule has 4 rings (SSSR count). The monoisotopic (exact) mass is 548 g/mol. The first-order valence-corrected chi connectivity index (χ1v) is 13.6. The van der Waals surface area contributed by atoms with Crippen LogP contribution in [0.25, 0.3) is 0 Å². The van der Waals surface area contributed by atoms with Gasteiger partial charge in [0, 0.05) is 6.07 Å². The molecule has 4 aromatic carbocycles. The van der Waals surface area contributed by atoms with Gasteiger partial charge in [0.05, 0.1) is 30.8 Å². The van der Waals surface area contributed by atoms with Crippen molar-refractivity contribution in [2.45, 2.75) is 17.9 Å². The number of hydrogen-bond acceptors (Lipinski definition) is 5. The predicted octanol–water partition coefficient (Wildman–Crippen LogP) is 5.25. The third kappa shape index (κ3) is 6.21. The molecule has 0 radical (unpaired) electrons. The molecule has 202 valence electrons. The first-order chi connectivity index (χ1) is 18.7. The van der Waals surface area contributed by atoms with E-state index in [1.54, 1.807) is 0 Å². The maximum absolute atomic E-state index is 14.9. The van der Waals surface area contributed by atoms with Gasteiger partial charge in [-0.1, -0.05) is 72.3 Å². The molecular formula is C30H29FN2O5S. The van der Waals surface area contributed by atoms with Crippen LogP contribution in [0.15, 0.2) is 102 Å². The van der Waals surface area contributed by atoms with Crippen molar-refractivity contribution in [3.8, 4) is 11.5 Å². The van der Waals surface area contributed by atoms with Crippen LogP contribution >= 0.6 is 0 Å². The van der Waals surface area contributed by atoms with Gasteiger partial charge in [-0.2, -0.15) is 0 Å². The molecule has 0 aliphatic heterocycles. The summed E-state index contributed by atoms with van der Waals surface area (Å²) < 4.78 is 53.8. The average molecular weight is 549 g/mol. The van der Waals surface area contributed by atoms with E-state index in [0.717, 1.165) is 27.1 Å². The summed E-state index contributed by atoms with van der Waals surface area (Å²) >= 11 is 0. The number of benzene rings is 4. The van der Waals surface area contributed by atoms with Gasteiger partial charge in [0.2, 0.25) is 5.91 Å². The Morgan fingerprint density at radius 3 is 2.10 bits per heavy atom. The van der Waals surface area contributed by atoms with Crippen LogP contribution in [0.2, 0.25) is 0 Å². The topological polar surface area (TPSA) is 84.9 Å². The van der Waals surface area contributed by atoms with E-state index < -0.39 is 34.3 Å². The summed E-state index contributed by atoms with van der Waals surface area (Å²) in [5.74, 6) is -0.889. The van der Waals surface area contributed by atoms with E-state index >= 15 is 0 Å². The number of aryl methyl sites for hydroxylation is 1. The van der Waals surface area contributed by atoms with E-state index in [1.807, 2.05) is 61.5 Å². The number of amides is 1. The molecule has 0 fully saturated rings. The minimum Gasteiger partial charge on any atom is -0.493 e. The summed E-state index contributed by atoms with van der Waals surface area (Å²) in [5, 5.41) is 2.94. The number of nitrogens with one attached hydrogen (secondary N) is 1. The lowest BCUT2D eigenvalue weighted by Gasteiger charge is -2.26. The van der Waals surface area contributed by atoms with Gasteiger partial charge in [-0.25, -0.2) is 12.8 Å². The van der Waals surface area contributed by atoms with Crippen molar-refractivity contribution < 1.29 is 27.1 Å². The van der Waals surface area contributed by atoms with E-state index in [-0.39, 0.29) is 16.3 Å². The third-order valence-corrected chi connectivity index (χ3v) is 7.96. The van der Waals surface area contributed by atoms with E-state index in [9.17, 15) is 17.6 Å². The van der Waals surface area contributed by atoms with Crippen LogP contribution in [0, 0.1) is 12.7 Å². The van der Waals surface area contributed by atoms with Crippen molar-refractivity contribution >= 4 is 21.6 Å². The number of halogens is 1. The SMILES string of the molecule is COc1ccc(S(=O)(=O)N(CC(=O)NC(c2ccccc2)c2ccc(C)cc2)c2ccccc2F)cc1OC. The molecule has 9 heteroatoms. The predicted molar refractivity (Wildman–Crippen MR) is 148 cm³/mol. The first kappa shape index (κ1) is 27.7. The number of sulfonamides is 1. The van der Waals surface area contributed by atoms with E-state index in [2.05, 4.69) is 5.32 Å². The smallest absolute Gasteiger partial charge is 0.265 e. The van der Waals surface area contributed by atoms with E-state index in [4.69, 9.17) is 9.47 Å². The molecular weight excluding hydrogens is 519 g/mol. The van der Waals surface area contributed by atoms with Gasteiger partial charge in [0.25, 0.3) is 10.0 Å². The Kier molecular flexibility index (Phi) is 8.51. The zero-order valence-corrected chi connectivity index (χ0v) is 22.6. The van der Waals surface area contributed by atoms with Crippen LogP contribution in [0.3, 0.4) is 0 Å². The van der Waals surface area contributed by atoms with Crippen LogP contribution in [0.5, 0.6) is 11.5 Å². The maximum Gasteiger partial charge on any atom is 0.265 e. The largest absolute Gasteiger partial charge is 0.493 e. The molecule has 4 aromatic rings. The summed E-state index contributed by atoms with van der Waals surface area (Å²) in [6.45, 7) is 1.30. The fraction of sp³-hybridized carbons (Fsp3) is 0.167. The minimum atomic E-state index is -4.40. The fourth-order valence-corrected chi connectivity index (χ4v) is 5.60. The lowest BCUT2D eigenvalue weighted by molar-refractivity contribution is -0.120. The lowest BCUT2D eigenvalue weighted by Crippen LogP contribution is -2.42. The number of para-hydroxylation sites is 1. The highest BCUT2D eigenvalue weighted by Crippen LogP contribution is 2.33. The number of carbonyl (C=O) groups excluding carboxylic acids is 1. The van der Waals surface area contributed by atoms with Crippen molar-refractivity contribution in [2.24, 2.45) is 0 Å². The molecule has 1 atom stereocenters. The number of anilines is 1. The van der Waals surface area contributed by atoms with Gasteiger partial charge in [0.15, 0.2) is 11.5 Å². The number of hydrogen-bond donors (Lipinski definition) is 1. The van der Waals surface area contributed by atoms with Gasteiger partial charge in [-0.3, -0.25) is 9.10 Å². The minimum absolute atomic E-state index is 0.181. The van der Waals surface area contributed by atoms with Crippen molar-refractivity contribution in [3.63, 3.8) is 0 Å². The van der Waals surface area contributed by atoms with Gasteiger partial charge in [0.1, 0.15) is 12.4 Å². The normalized spacial score (nSPS) is 11.9. The van der Waals surface area contributed by atoms with Gasteiger partial charge < -0.3 is 14.8 Å². The standard InChI is InChI=1S/C30H29FN2O5S/c1-21-13-15-23(16-14-21)30(22-9-5-4-6-10-22)32-29(34)20-33(26-12-8-7-11-25(26)31)39(35,36)24-17-18-27(37-2)28(19-24)38-3/h4-19,30H,20H2,1-3H3,(H,32,34). The highest BCUT2D eigenvalue weighted by Gasteiger charge is 2.31. The summed E-state index contributed by atoms with van der Waals surface area (Å²) in [6.07, 6.45) is 0. The summed E-state index contributed by atoms with van der Waals surface area (Å²) in [7, 11) is -1.59.